The number of nitrogens with two attached hydrogens (primary N) is 1. The second-order valence-corrected chi connectivity index (χ2v) is 5.63. The third kappa shape index (κ3) is 3.84. The Kier molecular flexibility index (Phi) is 5.26. The number of hydrogen-bond donors (Lipinski definition) is 1. The summed E-state index contributed by atoms with van der Waals surface area (Å²) >= 11 is 3.90. The fraction of sp³-hybridized carbons (Fsp3) is 0.455. The smallest absolute Gasteiger partial charge is 0.0344 e. The number of hydrogen-bond acceptors (Lipinski definition) is 3. The van der Waals surface area contributed by atoms with Crippen LogP contribution < -0.4 is 5.73 Å². The lowest BCUT2D eigenvalue weighted by molar-refractivity contribution is 1.36. The predicted octanol–water partition coefficient (Wildman–Crippen LogP) is 3.42. The SMILES string of the molecule is CCSCCSc1ccc(N)c(C)c1. The monoisotopic (exact) mass is 227 g/mol. The molecule has 0 bridgehead atoms. The molecule has 0 unspecified atom stereocenters. The third-order valence-electron chi connectivity index (χ3n) is 1.94. The Morgan fingerprint density at radius 3 is 2.71 bits per heavy atom. The molecule has 0 saturated heterocycles. The van der Waals surface area contributed by atoms with E-state index >= 15 is 0 Å². The van der Waals surface area contributed by atoms with Crippen molar-refractivity contribution in [2.45, 2.75) is 18.7 Å². The van der Waals surface area contributed by atoms with Gasteiger partial charge in [-0.3, -0.25) is 0 Å². The van der Waals surface area contributed by atoms with E-state index in [1.807, 2.05) is 29.6 Å². The molecule has 0 spiro atoms. The van der Waals surface area contributed by atoms with Crippen LogP contribution >= 0.6 is 23.5 Å². The first-order valence-corrected chi connectivity index (χ1v) is 6.94. The minimum absolute atomic E-state index is 0.886. The second-order valence-electron chi connectivity index (χ2n) is 3.06. The predicted molar refractivity (Wildman–Crippen MR) is 69.3 cm³/mol. The van der Waals surface area contributed by atoms with E-state index in [4.69, 9.17) is 5.73 Å². The van der Waals surface area contributed by atoms with Crippen LogP contribution in [-0.4, -0.2) is 17.3 Å². The maximum Gasteiger partial charge on any atom is 0.0344 e. The van der Waals surface area contributed by atoms with Gasteiger partial charge in [-0.15, -0.1) is 11.8 Å². The van der Waals surface area contributed by atoms with Crippen LogP contribution in [0.2, 0.25) is 0 Å². The van der Waals surface area contributed by atoms with Gasteiger partial charge < -0.3 is 5.73 Å². The molecule has 1 aromatic rings. The molecule has 3 heteroatoms. The average Bonchev–Trinajstić information content (AvgIpc) is 2.18. The molecule has 1 aromatic carbocycles. The van der Waals surface area contributed by atoms with Crippen molar-refractivity contribution in [3.63, 3.8) is 0 Å². The average molecular weight is 227 g/mol. The summed E-state index contributed by atoms with van der Waals surface area (Å²) in [5.74, 6) is 3.62. The number of thioether (sulfide) groups is 2. The minimum atomic E-state index is 0.886. The molecular weight excluding hydrogens is 210 g/mol. The molecule has 0 aliphatic rings. The Bertz CT molecular complexity index is 287. The van der Waals surface area contributed by atoms with Crippen molar-refractivity contribution in [2.75, 3.05) is 23.0 Å². The van der Waals surface area contributed by atoms with Gasteiger partial charge >= 0.3 is 0 Å². The van der Waals surface area contributed by atoms with Gasteiger partial charge in [0.2, 0.25) is 0 Å². The molecule has 0 amide bonds. The Labute approximate surface area is 94.8 Å². The molecule has 0 aromatic heterocycles. The quantitative estimate of drug-likeness (QED) is 0.474. The number of nitrogen functional groups attached to an aromatic ring is 1. The van der Waals surface area contributed by atoms with Gasteiger partial charge in [0.1, 0.15) is 0 Å². The van der Waals surface area contributed by atoms with E-state index in [0.29, 0.717) is 0 Å². The Hall–Kier alpha value is -0.280. The molecule has 1 nitrogen and oxygen atoms in total. The summed E-state index contributed by atoms with van der Waals surface area (Å²) in [4.78, 5) is 1.33. The zero-order valence-corrected chi connectivity index (χ0v) is 10.4. The van der Waals surface area contributed by atoms with Crippen LogP contribution in [0.15, 0.2) is 23.1 Å². The van der Waals surface area contributed by atoms with Crippen LogP contribution in [0.5, 0.6) is 0 Å². The van der Waals surface area contributed by atoms with Gasteiger partial charge in [-0.2, -0.15) is 11.8 Å². The van der Waals surface area contributed by atoms with E-state index in [2.05, 4.69) is 26.0 Å². The molecule has 0 heterocycles. The first kappa shape index (κ1) is 11.8. The van der Waals surface area contributed by atoms with Crippen LogP contribution in [0.1, 0.15) is 12.5 Å². The van der Waals surface area contributed by atoms with Crippen LogP contribution in [0.3, 0.4) is 0 Å². The maximum absolute atomic E-state index is 5.75. The highest BCUT2D eigenvalue weighted by Gasteiger charge is 1.97. The molecule has 0 saturated carbocycles. The van der Waals surface area contributed by atoms with Crippen molar-refractivity contribution >= 4 is 29.2 Å². The highest BCUT2D eigenvalue weighted by molar-refractivity contribution is 8.02. The van der Waals surface area contributed by atoms with Crippen molar-refractivity contribution in [1.82, 2.24) is 0 Å². The third-order valence-corrected chi connectivity index (χ3v) is 4.10. The first-order chi connectivity index (χ1) is 6.74. The lowest BCUT2D eigenvalue weighted by Crippen LogP contribution is -1.90. The summed E-state index contributed by atoms with van der Waals surface area (Å²) in [5, 5.41) is 0. The van der Waals surface area contributed by atoms with E-state index in [0.717, 1.165) is 5.69 Å². The van der Waals surface area contributed by atoms with Gasteiger partial charge in [0.15, 0.2) is 0 Å². The molecule has 14 heavy (non-hydrogen) atoms. The van der Waals surface area contributed by atoms with Crippen molar-refractivity contribution in [3.05, 3.63) is 23.8 Å². The van der Waals surface area contributed by atoms with Crippen LogP contribution in [0.4, 0.5) is 5.69 Å². The van der Waals surface area contributed by atoms with Crippen molar-refractivity contribution in [3.8, 4) is 0 Å². The highest BCUT2D eigenvalue weighted by Crippen LogP contribution is 2.23. The fourth-order valence-corrected chi connectivity index (χ4v) is 2.85. The summed E-state index contributed by atoms with van der Waals surface area (Å²) in [5.41, 5.74) is 7.82. The number of rotatable bonds is 5. The fourth-order valence-electron chi connectivity index (χ4n) is 1.10. The van der Waals surface area contributed by atoms with Gasteiger partial charge in [0, 0.05) is 22.1 Å². The maximum atomic E-state index is 5.75. The zero-order valence-electron chi connectivity index (χ0n) is 8.75. The van der Waals surface area contributed by atoms with Crippen LogP contribution in [-0.2, 0) is 0 Å². The highest BCUT2D eigenvalue weighted by atomic mass is 32.2. The molecular formula is C11H17NS2. The summed E-state index contributed by atoms with van der Waals surface area (Å²) in [6.07, 6.45) is 0. The van der Waals surface area contributed by atoms with E-state index in [1.165, 1.54) is 27.7 Å². The summed E-state index contributed by atoms with van der Waals surface area (Å²) < 4.78 is 0. The van der Waals surface area contributed by atoms with Gasteiger partial charge in [0.05, 0.1) is 0 Å². The molecule has 78 valence electrons. The molecule has 0 aliphatic heterocycles. The van der Waals surface area contributed by atoms with Gasteiger partial charge in [0.25, 0.3) is 0 Å². The normalized spacial score (nSPS) is 10.4. The summed E-state index contributed by atoms with van der Waals surface area (Å²) in [6.45, 7) is 4.25. The number of benzene rings is 1. The minimum Gasteiger partial charge on any atom is -0.399 e. The lowest BCUT2D eigenvalue weighted by Gasteiger charge is -2.04. The number of anilines is 1. The summed E-state index contributed by atoms with van der Waals surface area (Å²) in [6, 6.07) is 6.25. The van der Waals surface area contributed by atoms with Crippen molar-refractivity contribution < 1.29 is 0 Å². The van der Waals surface area contributed by atoms with Crippen molar-refractivity contribution in [1.29, 1.82) is 0 Å². The van der Waals surface area contributed by atoms with Gasteiger partial charge in [-0.1, -0.05) is 6.92 Å². The zero-order chi connectivity index (χ0) is 10.4. The Morgan fingerprint density at radius 2 is 2.07 bits per heavy atom. The standard InChI is InChI=1S/C11H17NS2/c1-3-13-6-7-14-10-4-5-11(12)9(2)8-10/h4-5,8H,3,6-7,12H2,1-2H3. The molecule has 0 atom stereocenters. The molecule has 0 aliphatic carbocycles. The van der Waals surface area contributed by atoms with E-state index < -0.39 is 0 Å². The second kappa shape index (κ2) is 6.25. The summed E-state index contributed by atoms with van der Waals surface area (Å²) in [7, 11) is 0. The molecule has 2 N–H and O–H groups in total. The number of aryl methyl sites for hydroxylation is 1. The van der Waals surface area contributed by atoms with Crippen molar-refractivity contribution in [2.24, 2.45) is 0 Å². The van der Waals surface area contributed by atoms with Crippen LogP contribution in [0, 0.1) is 6.92 Å². The Balaban J connectivity index is 2.39. The molecule has 0 fully saturated rings. The largest absolute Gasteiger partial charge is 0.399 e. The van der Waals surface area contributed by atoms with E-state index in [-0.39, 0.29) is 0 Å². The van der Waals surface area contributed by atoms with E-state index in [1.54, 1.807) is 0 Å². The van der Waals surface area contributed by atoms with Gasteiger partial charge in [-0.25, -0.2) is 0 Å². The molecule has 1 rings (SSSR count). The molecule has 0 radical (unpaired) electrons. The van der Waals surface area contributed by atoms with Gasteiger partial charge in [-0.05, 0) is 36.4 Å². The van der Waals surface area contributed by atoms with Crippen LogP contribution in [0.25, 0.3) is 0 Å². The Morgan fingerprint density at radius 1 is 1.29 bits per heavy atom. The first-order valence-electron chi connectivity index (χ1n) is 4.80. The topological polar surface area (TPSA) is 26.0 Å². The lowest BCUT2D eigenvalue weighted by atomic mass is 10.2. The van der Waals surface area contributed by atoms with E-state index in [9.17, 15) is 0 Å².